The summed E-state index contributed by atoms with van der Waals surface area (Å²) < 4.78 is 6.28. The van der Waals surface area contributed by atoms with Gasteiger partial charge in [0.1, 0.15) is 11.2 Å². The average Bonchev–Trinajstić information content (AvgIpc) is 3.77. The number of aromatic nitrogens is 5. The highest BCUT2D eigenvalue weighted by Crippen LogP contribution is 2.36. The molecule has 6 heteroatoms. The topological polar surface area (TPSA) is 77.6 Å². The van der Waals surface area contributed by atoms with Crippen molar-refractivity contribution in [3.63, 3.8) is 0 Å². The van der Waals surface area contributed by atoms with Crippen LogP contribution < -0.4 is 0 Å². The Morgan fingerprint density at radius 1 is 0.231 bits per heavy atom. The van der Waals surface area contributed by atoms with E-state index in [9.17, 15) is 0 Å². The Kier molecular flexibility index (Phi) is 9.38. The molecule has 304 valence electrons. The Morgan fingerprint density at radius 2 is 0.677 bits per heavy atom. The molecule has 0 N–H and O–H groups in total. The van der Waals surface area contributed by atoms with E-state index in [0.717, 1.165) is 89.0 Å². The quantitative estimate of drug-likeness (QED) is 0.152. The minimum atomic E-state index is 0.597. The molecule has 3 heterocycles. The van der Waals surface area contributed by atoms with Crippen LogP contribution in [0.15, 0.2) is 229 Å². The van der Waals surface area contributed by atoms with Crippen molar-refractivity contribution in [3.05, 3.63) is 224 Å². The van der Waals surface area contributed by atoms with Crippen LogP contribution in [0.2, 0.25) is 0 Å². The first-order valence-corrected chi connectivity index (χ1v) is 21.6. The van der Waals surface area contributed by atoms with E-state index in [0.29, 0.717) is 23.3 Å². The molecule has 3 aromatic heterocycles. The zero-order valence-corrected chi connectivity index (χ0v) is 35.0. The van der Waals surface area contributed by atoms with Crippen molar-refractivity contribution in [1.29, 1.82) is 0 Å². The first-order valence-electron chi connectivity index (χ1n) is 21.6. The van der Waals surface area contributed by atoms with Gasteiger partial charge in [0.05, 0.1) is 11.4 Å². The van der Waals surface area contributed by atoms with Gasteiger partial charge in [0.2, 0.25) is 0 Å². The summed E-state index contributed by atoms with van der Waals surface area (Å²) in [7, 11) is 0. The summed E-state index contributed by atoms with van der Waals surface area (Å²) in [5.74, 6) is 2.47. The average molecular weight is 832 g/mol. The third kappa shape index (κ3) is 7.39. The van der Waals surface area contributed by atoms with Crippen LogP contribution in [0, 0.1) is 0 Å². The van der Waals surface area contributed by atoms with E-state index in [1.165, 1.54) is 10.8 Å². The Balaban J connectivity index is 0.912. The molecular formula is C59H37N5O. The summed E-state index contributed by atoms with van der Waals surface area (Å²) in [6, 6.07) is 77.1. The van der Waals surface area contributed by atoms with E-state index in [1.54, 1.807) is 0 Å². The summed E-state index contributed by atoms with van der Waals surface area (Å²) in [4.78, 5) is 25.4. The van der Waals surface area contributed by atoms with E-state index < -0.39 is 0 Å². The molecule has 12 aromatic rings. The number of fused-ring (bicyclic) bond motifs is 4. The van der Waals surface area contributed by atoms with E-state index in [1.807, 2.05) is 78.9 Å². The normalized spacial score (nSPS) is 11.4. The highest BCUT2D eigenvalue weighted by Gasteiger charge is 2.16. The number of hydrogen-bond donors (Lipinski definition) is 0. The molecule has 0 atom stereocenters. The SMILES string of the molecule is c1ccc(-c2nc(-c3cccc(-c4cccc(-c5nc(-c6ccccc6)nc(-c6ccc(-c7ccc8ccccc8c7)cc6)n5)c4)c3)cc(-c3ccc4c(c3)oc3ccccc34)n2)cc1. The predicted octanol–water partition coefficient (Wildman–Crippen LogP) is 15.1. The van der Waals surface area contributed by atoms with Crippen LogP contribution in [0.1, 0.15) is 0 Å². The van der Waals surface area contributed by atoms with Crippen molar-refractivity contribution < 1.29 is 4.42 Å². The van der Waals surface area contributed by atoms with Crippen molar-refractivity contribution in [1.82, 2.24) is 24.9 Å². The Bertz CT molecular complexity index is 3710. The molecule has 9 aromatic carbocycles. The van der Waals surface area contributed by atoms with E-state index in [-0.39, 0.29) is 0 Å². The fourth-order valence-electron chi connectivity index (χ4n) is 8.57. The second-order valence-electron chi connectivity index (χ2n) is 16.1. The molecule has 65 heavy (non-hydrogen) atoms. The lowest BCUT2D eigenvalue weighted by Crippen LogP contribution is -2.00. The van der Waals surface area contributed by atoms with Crippen molar-refractivity contribution in [2.75, 3.05) is 0 Å². The number of furan rings is 1. The summed E-state index contributed by atoms with van der Waals surface area (Å²) in [6.45, 7) is 0. The number of nitrogens with zero attached hydrogens (tertiary/aromatic N) is 5. The molecule has 0 saturated heterocycles. The number of hydrogen-bond acceptors (Lipinski definition) is 6. The Morgan fingerprint density at radius 3 is 1.38 bits per heavy atom. The molecule has 12 rings (SSSR count). The van der Waals surface area contributed by atoms with Gasteiger partial charge in [-0.1, -0.05) is 182 Å². The zero-order valence-electron chi connectivity index (χ0n) is 35.0. The van der Waals surface area contributed by atoms with Gasteiger partial charge >= 0.3 is 0 Å². The highest BCUT2D eigenvalue weighted by atomic mass is 16.3. The molecule has 0 aliphatic rings. The van der Waals surface area contributed by atoms with E-state index >= 15 is 0 Å². The third-order valence-corrected chi connectivity index (χ3v) is 11.9. The zero-order chi connectivity index (χ0) is 43.1. The van der Waals surface area contributed by atoms with Gasteiger partial charge < -0.3 is 4.42 Å². The molecule has 0 saturated carbocycles. The van der Waals surface area contributed by atoms with Gasteiger partial charge in [-0.3, -0.25) is 0 Å². The Labute approximate surface area is 375 Å². The molecule has 6 nitrogen and oxygen atoms in total. The maximum absolute atomic E-state index is 6.28. The van der Waals surface area contributed by atoms with Crippen molar-refractivity contribution in [2.45, 2.75) is 0 Å². The highest BCUT2D eigenvalue weighted by molar-refractivity contribution is 6.05. The number of benzene rings is 9. The maximum Gasteiger partial charge on any atom is 0.164 e. The van der Waals surface area contributed by atoms with Crippen molar-refractivity contribution in [3.8, 4) is 90.3 Å². The van der Waals surface area contributed by atoms with E-state index in [2.05, 4.69) is 146 Å². The van der Waals surface area contributed by atoms with Crippen LogP contribution in [0.4, 0.5) is 0 Å². The Hall–Kier alpha value is -8.87. The summed E-state index contributed by atoms with van der Waals surface area (Å²) in [5.41, 5.74) is 13.3. The lowest BCUT2D eigenvalue weighted by atomic mass is 9.98. The summed E-state index contributed by atoms with van der Waals surface area (Å²) >= 11 is 0. The molecule has 0 bridgehead atoms. The van der Waals surface area contributed by atoms with Gasteiger partial charge in [-0.15, -0.1) is 0 Å². The number of rotatable bonds is 8. The molecular weight excluding hydrogens is 795 g/mol. The first-order chi connectivity index (χ1) is 32.1. The van der Waals surface area contributed by atoms with Crippen molar-refractivity contribution >= 4 is 32.7 Å². The van der Waals surface area contributed by atoms with Gasteiger partial charge in [-0.2, -0.15) is 0 Å². The predicted molar refractivity (Wildman–Crippen MR) is 264 cm³/mol. The number of para-hydroxylation sites is 1. The fraction of sp³-hybridized carbons (Fsp3) is 0. The molecule has 0 fully saturated rings. The molecule has 0 radical (unpaired) electrons. The molecule has 0 spiro atoms. The molecule has 0 aliphatic heterocycles. The van der Waals surface area contributed by atoms with Crippen LogP contribution in [0.25, 0.3) is 123 Å². The van der Waals surface area contributed by atoms with Crippen LogP contribution in [0.3, 0.4) is 0 Å². The molecule has 0 unspecified atom stereocenters. The van der Waals surface area contributed by atoms with Gasteiger partial charge in [-0.25, -0.2) is 24.9 Å². The van der Waals surface area contributed by atoms with Gasteiger partial charge in [0.15, 0.2) is 23.3 Å². The standard InChI is InChI=1S/C59H37N5O/c1-3-14-40(15-4-1)56-60-52(37-53(61-56)48-31-32-51-50-23-9-10-24-54(50)65-55(51)36-48)47-21-11-19-44(34-47)45-20-12-22-49(35-45)59-63-57(41-16-5-2-6-17-41)62-58(64-59)42-28-25-39(26-29-42)46-30-27-38-13-7-8-18-43(38)33-46/h1-37H. The fourth-order valence-corrected chi connectivity index (χ4v) is 8.57. The largest absolute Gasteiger partial charge is 0.456 e. The molecule has 0 amide bonds. The second kappa shape index (κ2) is 16.1. The third-order valence-electron chi connectivity index (χ3n) is 11.9. The maximum atomic E-state index is 6.28. The first kappa shape index (κ1) is 37.9. The monoisotopic (exact) mass is 831 g/mol. The van der Waals surface area contributed by atoms with Crippen molar-refractivity contribution in [2.24, 2.45) is 0 Å². The van der Waals surface area contributed by atoms with Gasteiger partial charge in [-0.05, 0) is 75.5 Å². The smallest absolute Gasteiger partial charge is 0.164 e. The molecule has 0 aliphatic carbocycles. The van der Waals surface area contributed by atoms with Crippen LogP contribution in [-0.2, 0) is 0 Å². The summed E-state index contributed by atoms with van der Waals surface area (Å²) in [5, 5.41) is 4.61. The van der Waals surface area contributed by atoms with Crippen LogP contribution in [0.5, 0.6) is 0 Å². The lowest BCUT2D eigenvalue weighted by molar-refractivity contribution is 0.669. The van der Waals surface area contributed by atoms with Crippen LogP contribution >= 0.6 is 0 Å². The summed E-state index contributed by atoms with van der Waals surface area (Å²) in [6.07, 6.45) is 0. The lowest BCUT2D eigenvalue weighted by Gasteiger charge is -2.12. The van der Waals surface area contributed by atoms with E-state index in [4.69, 9.17) is 29.3 Å². The van der Waals surface area contributed by atoms with Gasteiger partial charge in [0.25, 0.3) is 0 Å². The minimum Gasteiger partial charge on any atom is -0.456 e. The minimum absolute atomic E-state index is 0.597. The van der Waals surface area contributed by atoms with Crippen LogP contribution in [-0.4, -0.2) is 24.9 Å². The second-order valence-corrected chi connectivity index (χ2v) is 16.1. The van der Waals surface area contributed by atoms with Gasteiger partial charge in [0, 0.05) is 44.2 Å².